The number of benzene rings is 3. The van der Waals surface area contributed by atoms with E-state index in [-0.39, 0.29) is 11.6 Å². The summed E-state index contributed by atoms with van der Waals surface area (Å²) in [5, 5.41) is 3.18. The van der Waals surface area contributed by atoms with Crippen LogP contribution in [0.5, 0.6) is 11.5 Å². The van der Waals surface area contributed by atoms with Gasteiger partial charge >= 0.3 is 0 Å². The average molecular weight is 457 g/mol. The summed E-state index contributed by atoms with van der Waals surface area (Å²) < 4.78 is 11.0. The molecular weight excluding hydrogens is 428 g/mol. The molecule has 3 aromatic carbocycles. The van der Waals surface area contributed by atoms with Crippen LogP contribution in [0.2, 0.25) is 0 Å². The highest BCUT2D eigenvalue weighted by atomic mass is 16.5. The summed E-state index contributed by atoms with van der Waals surface area (Å²) in [5.41, 5.74) is 4.46. The number of aryl methyl sites for hydroxylation is 2. The fraction of sp³-hybridized carbons (Fsp3) is 0.214. The number of imide groups is 1. The van der Waals surface area contributed by atoms with Crippen LogP contribution in [0.3, 0.4) is 0 Å². The van der Waals surface area contributed by atoms with Gasteiger partial charge in [0, 0.05) is 11.8 Å². The van der Waals surface area contributed by atoms with E-state index in [9.17, 15) is 9.59 Å². The van der Waals surface area contributed by atoms with Crippen molar-refractivity contribution >= 4 is 28.8 Å². The molecule has 4 rings (SSSR count). The zero-order valence-corrected chi connectivity index (χ0v) is 19.8. The van der Waals surface area contributed by atoms with E-state index >= 15 is 0 Å². The van der Waals surface area contributed by atoms with E-state index in [1.165, 1.54) is 4.90 Å². The van der Waals surface area contributed by atoms with Gasteiger partial charge in [-0.3, -0.25) is 9.59 Å². The van der Waals surface area contributed by atoms with Gasteiger partial charge in [-0.2, -0.15) is 0 Å². The normalized spacial score (nSPS) is 13.5. The summed E-state index contributed by atoms with van der Waals surface area (Å²) in [6.45, 7) is 6.61. The Balaban J connectivity index is 1.77. The standard InChI is InChI=1S/C28H28N2O4/c1-5-15-34-23-13-10-20(11-14-23)25-26(29-21-7-6-8-24(17-21)33-4)28(32)30(27(25)31)22-12-9-18(2)19(3)16-22/h6-14,16-17,29H,5,15H2,1-4H3. The van der Waals surface area contributed by atoms with E-state index in [0.717, 1.165) is 23.3 Å². The van der Waals surface area contributed by atoms with Crippen molar-refractivity contribution in [2.75, 3.05) is 23.9 Å². The van der Waals surface area contributed by atoms with E-state index in [2.05, 4.69) is 5.32 Å². The molecule has 34 heavy (non-hydrogen) atoms. The van der Waals surface area contributed by atoms with Crippen molar-refractivity contribution in [2.24, 2.45) is 0 Å². The fourth-order valence-corrected chi connectivity index (χ4v) is 3.80. The Labute approximate surface area is 199 Å². The third-order valence-electron chi connectivity index (χ3n) is 5.79. The van der Waals surface area contributed by atoms with Crippen molar-refractivity contribution in [3.63, 3.8) is 0 Å². The number of methoxy groups -OCH3 is 1. The molecule has 2 amide bonds. The molecular formula is C28H28N2O4. The Morgan fingerprint density at radius 3 is 2.29 bits per heavy atom. The predicted molar refractivity (Wildman–Crippen MR) is 134 cm³/mol. The summed E-state index contributed by atoms with van der Waals surface area (Å²) in [6, 6.07) is 20.1. The largest absolute Gasteiger partial charge is 0.497 e. The Hall–Kier alpha value is -4.06. The van der Waals surface area contributed by atoms with Gasteiger partial charge in [0.15, 0.2) is 0 Å². The third kappa shape index (κ3) is 4.53. The maximum Gasteiger partial charge on any atom is 0.282 e. The van der Waals surface area contributed by atoms with Crippen LogP contribution in [0.15, 0.2) is 72.4 Å². The van der Waals surface area contributed by atoms with E-state index < -0.39 is 5.91 Å². The number of rotatable bonds is 8. The van der Waals surface area contributed by atoms with Crippen LogP contribution >= 0.6 is 0 Å². The first-order chi connectivity index (χ1) is 16.4. The molecule has 0 saturated carbocycles. The summed E-state index contributed by atoms with van der Waals surface area (Å²) in [5.74, 6) is 0.585. The van der Waals surface area contributed by atoms with Gasteiger partial charge in [-0.1, -0.05) is 31.2 Å². The monoisotopic (exact) mass is 456 g/mol. The number of ether oxygens (including phenoxy) is 2. The average Bonchev–Trinajstić information content (AvgIpc) is 3.09. The van der Waals surface area contributed by atoms with Crippen molar-refractivity contribution in [1.29, 1.82) is 0 Å². The molecule has 0 saturated heterocycles. The SMILES string of the molecule is CCCOc1ccc(C2=C(Nc3cccc(OC)c3)C(=O)N(c3ccc(C)c(C)c3)C2=O)cc1. The van der Waals surface area contributed by atoms with Crippen molar-refractivity contribution in [3.8, 4) is 11.5 Å². The second-order valence-corrected chi connectivity index (χ2v) is 8.19. The van der Waals surface area contributed by atoms with E-state index in [1.807, 2.05) is 75.4 Å². The van der Waals surface area contributed by atoms with Crippen LogP contribution in [0.1, 0.15) is 30.0 Å². The Morgan fingerprint density at radius 2 is 1.62 bits per heavy atom. The molecule has 1 N–H and O–H groups in total. The highest BCUT2D eigenvalue weighted by Gasteiger charge is 2.40. The molecule has 1 aliphatic rings. The quantitative estimate of drug-likeness (QED) is 0.454. The van der Waals surface area contributed by atoms with Gasteiger partial charge < -0.3 is 14.8 Å². The maximum atomic E-state index is 13.6. The van der Waals surface area contributed by atoms with Crippen molar-refractivity contribution in [2.45, 2.75) is 27.2 Å². The second-order valence-electron chi connectivity index (χ2n) is 8.19. The van der Waals surface area contributed by atoms with E-state index in [4.69, 9.17) is 9.47 Å². The molecule has 0 aliphatic carbocycles. The second kappa shape index (κ2) is 9.83. The molecule has 1 heterocycles. The minimum atomic E-state index is -0.405. The van der Waals surface area contributed by atoms with Crippen molar-refractivity contribution < 1.29 is 19.1 Å². The van der Waals surface area contributed by atoms with Crippen molar-refractivity contribution in [1.82, 2.24) is 0 Å². The molecule has 0 radical (unpaired) electrons. The first kappa shape index (κ1) is 23.1. The molecule has 6 nitrogen and oxygen atoms in total. The van der Waals surface area contributed by atoms with Crippen LogP contribution in [0.4, 0.5) is 11.4 Å². The highest BCUT2D eigenvalue weighted by molar-refractivity contribution is 6.46. The van der Waals surface area contributed by atoms with Crippen LogP contribution in [0.25, 0.3) is 5.57 Å². The number of anilines is 2. The first-order valence-electron chi connectivity index (χ1n) is 11.3. The Kier molecular flexibility index (Phi) is 6.68. The topological polar surface area (TPSA) is 67.9 Å². The van der Waals surface area contributed by atoms with E-state index in [0.29, 0.717) is 34.9 Å². The molecule has 6 heteroatoms. The van der Waals surface area contributed by atoms with Gasteiger partial charge in [-0.05, 0) is 73.4 Å². The van der Waals surface area contributed by atoms with Crippen LogP contribution in [0, 0.1) is 13.8 Å². The number of nitrogens with zero attached hydrogens (tertiary/aromatic N) is 1. The van der Waals surface area contributed by atoms with Crippen molar-refractivity contribution in [3.05, 3.63) is 89.1 Å². The van der Waals surface area contributed by atoms with Crippen LogP contribution in [-0.4, -0.2) is 25.5 Å². The number of carbonyl (C=O) groups is 2. The summed E-state index contributed by atoms with van der Waals surface area (Å²) in [6.07, 6.45) is 0.902. The van der Waals surface area contributed by atoms with Gasteiger partial charge in [0.2, 0.25) is 0 Å². The van der Waals surface area contributed by atoms with Gasteiger partial charge in [0.1, 0.15) is 17.2 Å². The summed E-state index contributed by atoms with van der Waals surface area (Å²) >= 11 is 0. The lowest BCUT2D eigenvalue weighted by molar-refractivity contribution is -0.120. The number of nitrogens with one attached hydrogen (secondary N) is 1. The van der Waals surface area contributed by atoms with Gasteiger partial charge in [0.05, 0.1) is 25.0 Å². The molecule has 0 unspecified atom stereocenters. The van der Waals surface area contributed by atoms with Gasteiger partial charge in [-0.15, -0.1) is 0 Å². The zero-order chi connectivity index (χ0) is 24.2. The van der Waals surface area contributed by atoms with Gasteiger partial charge in [0.25, 0.3) is 11.8 Å². The molecule has 1 aliphatic heterocycles. The Bertz CT molecular complexity index is 1260. The van der Waals surface area contributed by atoms with E-state index in [1.54, 1.807) is 19.2 Å². The fourth-order valence-electron chi connectivity index (χ4n) is 3.80. The molecule has 174 valence electrons. The molecule has 3 aromatic rings. The smallest absolute Gasteiger partial charge is 0.282 e. The van der Waals surface area contributed by atoms with Crippen LogP contribution < -0.4 is 19.7 Å². The van der Waals surface area contributed by atoms with Gasteiger partial charge in [-0.25, -0.2) is 4.90 Å². The lowest BCUT2D eigenvalue weighted by Gasteiger charge is -2.17. The molecule has 0 bridgehead atoms. The lowest BCUT2D eigenvalue weighted by atomic mass is 10.0. The number of carbonyl (C=O) groups excluding carboxylic acids is 2. The molecule has 0 atom stereocenters. The number of hydrogen-bond acceptors (Lipinski definition) is 5. The minimum Gasteiger partial charge on any atom is -0.497 e. The maximum absolute atomic E-state index is 13.6. The molecule has 0 spiro atoms. The zero-order valence-electron chi connectivity index (χ0n) is 19.8. The molecule has 0 fully saturated rings. The predicted octanol–water partition coefficient (Wildman–Crippen LogP) is 5.50. The lowest BCUT2D eigenvalue weighted by Crippen LogP contribution is -2.32. The number of hydrogen-bond donors (Lipinski definition) is 1. The van der Waals surface area contributed by atoms with Crippen LogP contribution in [-0.2, 0) is 9.59 Å². The first-order valence-corrected chi connectivity index (χ1v) is 11.3. The molecule has 0 aromatic heterocycles. The highest BCUT2D eigenvalue weighted by Crippen LogP contribution is 2.35. The summed E-state index contributed by atoms with van der Waals surface area (Å²) in [4.78, 5) is 28.5. The summed E-state index contributed by atoms with van der Waals surface area (Å²) in [7, 11) is 1.58. The Morgan fingerprint density at radius 1 is 0.853 bits per heavy atom. The third-order valence-corrected chi connectivity index (χ3v) is 5.79. The number of amides is 2. The minimum absolute atomic E-state index is 0.221.